The van der Waals surface area contributed by atoms with Crippen LogP contribution in [0, 0.1) is 5.92 Å². The average Bonchev–Trinajstić information content (AvgIpc) is 2.35. The largest absolute Gasteiger partial charge is 0.299 e. The maximum Gasteiger partial charge on any atom is 0.135 e. The van der Waals surface area contributed by atoms with E-state index in [-0.39, 0.29) is 5.92 Å². The fourth-order valence-electron chi connectivity index (χ4n) is 1.95. The van der Waals surface area contributed by atoms with E-state index in [1.165, 1.54) is 10.9 Å². The summed E-state index contributed by atoms with van der Waals surface area (Å²) in [4.78, 5) is 15.8. The van der Waals surface area contributed by atoms with E-state index in [0.29, 0.717) is 12.2 Å². The number of benzene rings is 1. The van der Waals surface area contributed by atoms with Crippen molar-refractivity contribution in [2.75, 3.05) is 0 Å². The molecule has 1 aromatic heterocycles. The zero-order chi connectivity index (χ0) is 12.3. The first-order chi connectivity index (χ1) is 8.18. The van der Waals surface area contributed by atoms with Crippen LogP contribution < -0.4 is 0 Å². The van der Waals surface area contributed by atoms with Crippen LogP contribution in [0.4, 0.5) is 0 Å². The molecule has 0 aliphatic carbocycles. The minimum atomic E-state index is 0.131. The highest BCUT2D eigenvalue weighted by atomic mass is 16.1. The molecule has 0 bridgehead atoms. The van der Waals surface area contributed by atoms with Gasteiger partial charge in [-0.15, -0.1) is 0 Å². The van der Waals surface area contributed by atoms with Gasteiger partial charge >= 0.3 is 0 Å². The lowest BCUT2D eigenvalue weighted by Gasteiger charge is -2.07. The Balaban J connectivity index is 2.21. The first kappa shape index (κ1) is 11.8. The van der Waals surface area contributed by atoms with E-state index in [1.807, 2.05) is 32.2 Å². The maximum absolute atomic E-state index is 11.6. The van der Waals surface area contributed by atoms with Crippen molar-refractivity contribution in [1.82, 2.24) is 4.98 Å². The second-order valence-corrected chi connectivity index (χ2v) is 4.63. The van der Waals surface area contributed by atoms with Gasteiger partial charge in [0.15, 0.2) is 0 Å². The highest BCUT2D eigenvalue weighted by Gasteiger charge is 2.08. The van der Waals surface area contributed by atoms with Crippen LogP contribution in [-0.2, 0) is 11.2 Å². The number of hydrogen-bond acceptors (Lipinski definition) is 2. The standard InChI is InChI=1S/C15H17NO/c1-11(2)15(17)7-6-12-4-3-5-13-10-16-9-8-14(12)13/h3-5,8-11H,6-7H2,1-2H3. The highest BCUT2D eigenvalue weighted by molar-refractivity contribution is 5.86. The van der Waals surface area contributed by atoms with Gasteiger partial charge in [-0.3, -0.25) is 9.78 Å². The van der Waals surface area contributed by atoms with Gasteiger partial charge in [0.25, 0.3) is 0 Å². The number of carbonyl (C=O) groups is 1. The van der Waals surface area contributed by atoms with Crippen LogP contribution >= 0.6 is 0 Å². The van der Waals surface area contributed by atoms with Gasteiger partial charge in [0.2, 0.25) is 0 Å². The van der Waals surface area contributed by atoms with Crippen molar-refractivity contribution in [1.29, 1.82) is 0 Å². The van der Waals surface area contributed by atoms with E-state index in [0.717, 1.165) is 11.8 Å². The molecule has 0 N–H and O–H groups in total. The lowest BCUT2D eigenvalue weighted by Crippen LogP contribution is -2.07. The molecular weight excluding hydrogens is 210 g/mol. The maximum atomic E-state index is 11.6. The molecule has 1 heterocycles. The number of Topliss-reactive ketones (excluding diaryl/α,β-unsaturated/α-hetero) is 1. The second-order valence-electron chi connectivity index (χ2n) is 4.63. The number of rotatable bonds is 4. The summed E-state index contributed by atoms with van der Waals surface area (Å²) in [6.45, 7) is 3.91. The van der Waals surface area contributed by atoms with E-state index in [2.05, 4.69) is 17.1 Å². The van der Waals surface area contributed by atoms with E-state index in [9.17, 15) is 4.79 Å². The molecule has 2 heteroatoms. The fraction of sp³-hybridized carbons (Fsp3) is 0.333. The van der Waals surface area contributed by atoms with Crippen molar-refractivity contribution in [3.05, 3.63) is 42.2 Å². The molecule has 17 heavy (non-hydrogen) atoms. The quantitative estimate of drug-likeness (QED) is 0.801. The van der Waals surface area contributed by atoms with E-state index < -0.39 is 0 Å². The van der Waals surface area contributed by atoms with Crippen molar-refractivity contribution in [2.24, 2.45) is 5.92 Å². The van der Waals surface area contributed by atoms with Gasteiger partial charge in [0, 0.05) is 30.1 Å². The monoisotopic (exact) mass is 227 g/mol. The number of ketones is 1. The summed E-state index contributed by atoms with van der Waals surface area (Å²) >= 11 is 0. The highest BCUT2D eigenvalue weighted by Crippen LogP contribution is 2.19. The summed E-state index contributed by atoms with van der Waals surface area (Å²) in [5.41, 5.74) is 1.24. The Labute approximate surface area is 102 Å². The van der Waals surface area contributed by atoms with Gasteiger partial charge in [0.1, 0.15) is 5.78 Å². The number of aryl methyl sites for hydroxylation is 1. The number of pyridine rings is 1. The zero-order valence-corrected chi connectivity index (χ0v) is 10.3. The number of aromatic nitrogens is 1. The van der Waals surface area contributed by atoms with Gasteiger partial charge in [-0.1, -0.05) is 32.0 Å². The molecule has 0 amide bonds. The number of nitrogens with zero attached hydrogens (tertiary/aromatic N) is 1. The first-order valence-electron chi connectivity index (χ1n) is 6.03. The minimum Gasteiger partial charge on any atom is -0.299 e. The van der Waals surface area contributed by atoms with Crippen LogP contribution in [0.2, 0.25) is 0 Å². The summed E-state index contributed by atoms with van der Waals surface area (Å²) in [7, 11) is 0. The normalized spacial score (nSPS) is 11.0. The SMILES string of the molecule is CC(C)C(=O)CCc1cccc2cnccc12. The third kappa shape index (κ3) is 2.70. The summed E-state index contributed by atoms with van der Waals surface area (Å²) in [6.07, 6.45) is 5.11. The fourth-order valence-corrected chi connectivity index (χ4v) is 1.95. The summed E-state index contributed by atoms with van der Waals surface area (Å²) < 4.78 is 0. The van der Waals surface area contributed by atoms with Crippen LogP contribution in [0.1, 0.15) is 25.8 Å². The Bertz CT molecular complexity index is 526. The van der Waals surface area contributed by atoms with Crippen LogP contribution in [0.15, 0.2) is 36.7 Å². The second kappa shape index (κ2) is 5.09. The van der Waals surface area contributed by atoms with Crippen LogP contribution in [0.5, 0.6) is 0 Å². The van der Waals surface area contributed by atoms with Gasteiger partial charge in [0.05, 0.1) is 0 Å². The van der Waals surface area contributed by atoms with E-state index in [1.54, 1.807) is 6.20 Å². The van der Waals surface area contributed by atoms with Crippen molar-refractivity contribution in [3.8, 4) is 0 Å². The molecule has 0 saturated heterocycles. The van der Waals surface area contributed by atoms with E-state index >= 15 is 0 Å². The smallest absolute Gasteiger partial charge is 0.135 e. The van der Waals surface area contributed by atoms with Crippen LogP contribution in [0.25, 0.3) is 10.8 Å². The third-order valence-corrected chi connectivity index (χ3v) is 3.06. The average molecular weight is 227 g/mol. The van der Waals surface area contributed by atoms with Crippen LogP contribution in [-0.4, -0.2) is 10.8 Å². The predicted molar refractivity (Wildman–Crippen MR) is 69.9 cm³/mol. The number of carbonyl (C=O) groups excluding carboxylic acids is 1. The van der Waals surface area contributed by atoms with Gasteiger partial charge in [-0.25, -0.2) is 0 Å². The molecule has 0 spiro atoms. The Kier molecular flexibility index (Phi) is 3.52. The molecule has 1 aromatic carbocycles. The number of fused-ring (bicyclic) bond motifs is 1. The topological polar surface area (TPSA) is 30.0 Å². The molecule has 0 saturated carbocycles. The molecule has 2 aromatic rings. The summed E-state index contributed by atoms with van der Waals surface area (Å²) in [5, 5.41) is 2.35. The Hall–Kier alpha value is -1.70. The molecule has 88 valence electrons. The summed E-state index contributed by atoms with van der Waals surface area (Å²) in [6, 6.07) is 8.19. The number of hydrogen-bond donors (Lipinski definition) is 0. The van der Waals surface area contributed by atoms with Crippen molar-refractivity contribution in [2.45, 2.75) is 26.7 Å². The van der Waals surface area contributed by atoms with Crippen molar-refractivity contribution in [3.63, 3.8) is 0 Å². The zero-order valence-electron chi connectivity index (χ0n) is 10.3. The predicted octanol–water partition coefficient (Wildman–Crippen LogP) is 3.39. The molecule has 2 nitrogen and oxygen atoms in total. The molecule has 0 aliphatic rings. The molecule has 0 aliphatic heterocycles. The molecule has 0 unspecified atom stereocenters. The van der Waals surface area contributed by atoms with E-state index in [4.69, 9.17) is 0 Å². The van der Waals surface area contributed by atoms with Crippen molar-refractivity contribution < 1.29 is 4.79 Å². The Morgan fingerprint density at radius 3 is 2.88 bits per heavy atom. The Morgan fingerprint density at radius 1 is 1.29 bits per heavy atom. The van der Waals surface area contributed by atoms with Crippen molar-refractivity contribution >= 4 is 16.6 Å². The van der Waals surface area contributed by atoms with Crippen LogP contribution in [0.3, 0.4) is 0 Å². The first-order valence-corrected chi connectivity index (χ1v) is 6.03. The lowest BCUT2D eigenvalue weighted by molar-refractivity contribution is -0.121. The van der Waals surface area contributed by atoms with Gasteiger partial charge < -0.3 is 0 Å². The molecule has 0 fully saturated rings. The summed E-state index contributed by atoms with van der Waals surface area (Å²) in [5.74, 6) is 0.461. The molecule has 0 radical (unpaired) electrons. The molecule has 2 rings (SSSR count). The lowest BCUT2D eigenvalue weighted by atomic mass is 9.98. The minimum absolute atomic E-state index is 0.131. The Morgan fingerprint density at radius 2 is 2.12 bits per heavy atom. The molecular formula is C15H17NO. The van der Waals surface area contributed by atoms with Gasteiger partial charge in [-0.05, 0) is 23.4 Å². The third-order valence-electron chi connectivity index (χ3n) is 3.06. The van der Waals surface area contributed by atoms with Gasteiger partial charge in [-0.2, -0.15) is 0 Å². The molecule has 0 atom stereocenters.